The van der Waals surface area contributed by atoms with E-state index in [4.69, 9.17) is 5.73 Å². The molecule has 0 saturated carbocycles. The SMILES string of the molecule is Cc1csc(C(C)NS(=O)(=O)c2c(Br)cc(N)cc2Br)n1. The molecular weight excluding hydrogens is 442 g/mol. The molecule has 0 saturated heterocycles. The lowest BCUT2D eigenvalue weighted by Crippen LogP contribution is -2.27. The van der Waals surface area contributed by atoms with Crippen molar-refractivity contribution in [3.8, 4) is 0 Å². The standard InChI is InChI=1S/C12H13Br2N3O2S2/c1-6-5-20-12(16-6)7(2)17-21(18,19)11-9(13)3-8(15)4-10(11)14/h3-5,7,17H,15H2,1-2H3. The van der Waals surface area contributed by atoms with Crippen LogP contribution in [0.2, 0.25) is 0 Å². The van der Waals surface area contributed by atoms with E-state index in [1.807, 2.05) is 12.3 Å². The number of nitrogens with one attached hydrogen (secondary N) is 1. The molecule has 3 N–H and O–H groups in total. The Bertz CT molecular complexity index is 752. The summed E-state index contributed by atoms with van der Waals surface area (Å²) in [5.74, 6) is 0. The minimum atomic E-state index is -3.71. The molecule has 5 nitrogen and oxygen atoms in total. The second-order valence-corrected chi connectivity index (χ2v) is 8.73. The van der Waals surface area contributed by atoms with Gasteiger partial charge in [-0.25, -0.2) is 18.1 Å². The zero-order valence-electron chi connectivity index (χ0n) is 11.2. The summed E-state index contributed by atoms with van der Waals surface area (Å²) >= 11 is 7.91. The first-order chi connectivity index (χ1) is 9.70. The van der Waals surface area contributed by atoms with Crippen LogP contribution < -0.4 is 10.5 Å². The maximum Gasteiger partial charge on any atom is 0.243 e. The summed E-state index contributed by atoms with van der Waals surface area (Å²) in [5.41, 5.74) is 7.02. The third kappa shape index (κ3) is 3.84. The Labute approximate surface area is 144 Å². The smallest absolute Gasteiger partial charge is 0.243 e. The third-order valence-electron chi connectivity index (χ3n) is 2.63. The van der Waals surface area contributed by atoms with Crippen molar-refractivity contribution in [2.24, 2.45) is 0 Å². The number of benzene rings is 1. The number of anilines is 1. The average Bonchev–Trinajstić information content (AvgIpc) is 2.73. The molecule has 21 heavy (non-hydrogen) atoms. The van der Waals surface area contributed by atoms with E-state index in [9.17, 15) is 8.42 Å². The van der Waals surface area contributed by atoms with E-state index in [1.54, 1.807) is 19.1 Å². The van der Waals surface area contributed by atoms with Crippen molar-refractivity contribution < 1.29 is 8.42 Å². The number of thiazole rings is 1. The summed E-state index contributed by atoms with van der Waals surface area (Å²) in [7, 11) is -3.71. The van der Waals surface area contributed by atoms with Crippen molar-refractivity contribution in [1.29, 1.82) is 0 Å². The van der Waals surface area contributed by atoms with Gasteiger partial charge in [0, 0.05) is 25.7 Å². The number of hydrogen-bond donors (Lipinski definition) is 2. The highest BCUT2D eigenvalue weighted by molar-refractivity contribution is 9.11. The minimum Gasteiger partial charge on any atom is -0.399 e. The number of nitrogens with zero attached hydrogens (tertiary/aromatic N) is 1. The summed E-state index contributed by atoms with van der Waals surface area (Å²) < 4.78 is 28.5. The molecule has 0 aliphatic heterocycles. The van der Waals surface area contributed by atoms with Crippen LogP contribution in [-0.2, 0) is 10.0 Å². The first kappa shape index (κ1) is 16.9. The molecule has 1 aromatic heterocycles. The number of rotatable bonds is 4. The van der Waals surface area contributed by atoms with Gasteiger partial charge < -0.3 is 5.73 Å². The molecule has 0 bridgehead atoms. The molecule has 2 rings (SSSR count). The second kappa shape index (κ2) is 6.33. The molecule has 1 atom stereocenters. The van der Waals surface area contributed by atoms with Gasteiger partial charge in [0.25, 0.3) is 0 Å². The molecule has 9 heteroatoms. The molecule has 1 heterocycles. The van der Waals surface area contributed by atoms with Gasteiger partial charge in [0.05, 0.1) is 6.04 Å². The summed E-state index contributed by atoms with van der Waals surface area (Å²) in [6, 6.07) is 2.69. The van der Waals surface area contributed by atoms with E-state index < -0.39 is 16.1 Å². The van der Waals surface area contributed by atoms with Crippen LogP contribution >= 0.6 is 43.2 Å². The number of nitrogens with two attached hydrogens (primary N) is 1. The highest BCUT2D eigenvalue weighted by Gasteiger charge is 2.25. The monoisotopic (exact) mass is 453 g/mol. The summed E-state index contributed by atoms with van der Waals surface area (Å²) in [6.45, 7) is 3.63. The Morgan fingerprint density at radius 2 is 1.90 bits per heavy atom. The van der Waals surface area contributed by atoms with Gasteiger partial charge in [-0.2, -0.15) is 0 Å². The van der Waals surface area contributed by atoms with E-state index in [0.717, 1.165) is 10.7 Å². The van der Waals surface area contributed by atoms with Gasteiger partial charge in [0.15, 0.2) is 0 Å². The van der Waals surface area contributed by atoms with E-state index in [0.29, 0.717) is 14.6 Å². The number of hydrogen-bond acceptors (Lipinski definition) is 5. The normalized spacial score (nSPS) is 13.3. The second-order valence-electron chi connectivity index (χ2n) is 4.48. The number of aromatic nitrogens is 1. The largest absolute Gasteiger partial charge is 0.399 e. The van der Waals surface area contributed by atoms with Crippen molar-refractivity contribution in [2.75, 3.05) is 5.73 Å². The molecule has 0 spiro atoms. The number of halogens is 2. The van der Waals surface area contributed by atoms with Gasteiger partial charge in [0.1, 0.15) is 9.90 Å². The third-order valence-corrected chi connectivity index (χ3v) is 7.19. The van der Waals surface area contributed by atoms with Gasteiger partial charge in [0.2, 0.25) is 10.0 Å². The van der Waals surface area contributed by atoms with Crippen LogP contribution in [0, 0.1) is 6.92 Å². The lowest BCUT2D eigenvalue weighted by molar-refractivity contribution is 0.565. The average molecular weight is 455 g/mol. The zero-order valence-corrected chi connectivity index (χ0v) is 16.0. The Hall–Kier alpha value is -0.480. The quantitative estimate of drug-likeness (QED) is 0.691. The molecule has 114 valence electrons. The number of nitrogen functional groups attached to an aromatic ring is 1. The molecule has 0 radical (unpaired) electrons. The van der Waals surface area contributed by atoms with Crippen LogP contribution in [0.1, 0.15) is 23.7 Å². The lowest BCUT2D eigenvalue weighted by atomic mass is 10.3. The van der Waals surface area contributed by atoms with Crippen molar-refractivity contribution in [3.05, 3.63) is 37.2 Å². The first-order valence-electron chi connectivity index (χ1n) is 5.89. The van der Waals surface area contributed by atoms with Crippen molar-refractivity contribution >= 4 is 58.9 Å². The summed E-state index contributed by atoms with van der Waals surface area (Å²) in [6.07, 6.45) is 0. The van der Waals surface area contributed by atoms with Crippen molar-refractivity contribution in [1.82, 2.24) is 9.71 Å². The molecular formula is C12H13Br2N3O2S2. The van der Waals surface area contributed by atoms with Gasteiger partial charge in [-0.3, -0.25) is 0 Å². The Balaban J connectivity index is 2.35. The van der Waals surface area contributed by atoms with Gasteiger partial charge >= 0.3 is 0 Å². The highest BCUT2D eigenvalue weighted by Crippen LogP contribution is 2.33. The predicted octanol–water partition coefficient (Wildman–Crippen LogP) is 3.60. The first-order valence-corrected chi connectivity index (χ1v) is 9.84. The van der Waals surface area contributed by atoms with Gasteiger partial charge in [-0.1, -0.05) is 0 Å². The molecule has 0 aliphatic rings. The molecule has 1 unspecified atom stereocenters. The highest BCUT2D eigenvalue weighted by atomic mass is 79.9. The molecule has 2 aromatic rings. The molecule has 0 fully saturated rings. The fraction of sp³-hybridized carbons (Fsp3) is 0.250. The number of aryl methyl sites for hydroxylation is 1. The molecule has 1 aromatic carbocycles. The maximum absolute atomic E-state index is 12.5. The molecule has 0 aliphatic carbocycles. The molecule has 0 amide bonds. The summed E-state index contributed by atoms with van der Waals surface area (Å²) in [5, 5.41) is 2.61. The maximum atomic E-state index is 12.5. The van der Waals surface area contributed by atoms with Crippen LogP contribution in [0.3, 0.4) is 0 Å². The van der Waals surface area contributed by atoms with E-state index >= 15 is 0 Å². The van der Waals surface area contributed by atoms with Gasteiger partial charge in [-0.15, -0.1) is 11.3 Å². The van der Waals surface area contributed by atoms with Gasteiger partial charge in [-0.05, 0) is 57.8 Å². The van der Waals surface area contributed by atoms with Crippen LogP contribution in [0.5, 0.6) is 0 Å². The Morgan fingerprint density at radius 1 is 1.33 bits per heavy atom. The van der Waals surface area contributed by atoms with Crippen LogP contribution in [0.15, 0.2) is 31.4 Å². The Kier molecular flexibility index (Phi) is 5.09. The van der Waals surface area contributed by atoms with E-state index in [-0.39, 0.29) is 4.90 Å². The van der Waals surface area contributed by atoms with Crippen LogP contribution in [0.25, 0.3) is 0 Å². The van der Waals surface area contributed by atoms with E-state index in [2.05, 4.69) is 41.6 Å². The zero-order chi connectivity index (χ0) is 15.8. The van der Waals surface area contributed by atoms with E-state index in [1.165, 1.54) is 11.3 Å². The Morgan fingerprint density at radius 3 is 2.38 bits per heavy atom. The summed E-state index contributed by atoms with van der Waals surface area (Å²) in [4.78, 5) is 4.42. The fourth-order valence-electron chi connectivity index (χ4n) is 1.75. The number of sulfonamides is 1. The van der Waals surface area contributed by atoms with Crippen LogP contribution in [-0.4, -0.2) is 13.4 Å². The predicted molar refractivity (Wildman–Crippen MR) is 91.8 cm³/mol. The minimum absolute atomic E-state index is 0.122. The lowest BCUT2D eigenvalue weighted by Gasteiger charge is -2.14. The van der Waals surface area contributed by atoms with Crippen molar-refractivity contribution in [2.45, 2.75) is 24.8 Å². The topological polar surface area (TPSA) is 85.1 Å². The van der Waals surface area contributed by atoms with Crippen molar-refractivity contribution in [3.63, 3.8) is 0 Å². The van der Waals surface area contributed by atoms with Crippen LogP contribution in [0.4, 0.5) is 5.69 Å². The fourth-order valence-corrected chi connectivity index (χ4v) is 6.45.